The summed E-state index contributed by atoms with van der Waals surface area (Å²) in [7, 11) is -4.30. The third-order valence-electron chi connectivity index (χ3n) is 7.21. The molecule has 0 aliphatic rings. The van der Waals surface area contributed by atoms with Crippen LogP contribution in [0.3, 0.4) is 0 Å². The summed E-state index contributed by atoms with van der Waals surface area (Å²) in [4.78, 5) is 40.2. The molecule has 4 aromatic rings. The molecule has 0 bridgehead atoms. The first kappa shape index (κ1) is 32.9. The Morgan fingerprint density at radius 1 is 0.867 bits per heavy atom. The molecule has 0 heterocycles. The van der Waals surface area contributed by atoms with Crippen LogP contribution in [0.4, 0.5) is 11.4 Å². The fourth-order valence-electron chi connectivity index (χ4n) is 4.92. The van der Waals surface area contributed by atoms with Crippen LogP contribution in [0.2, 0.25) is 0 Å². The molecule has 0 fully saturated rings. The summed E-state index contributed by atoms with van der Waals surface area (Å²) in [6, 6.07) is 28.5. The number of carbonyl (C=O) groups is 2. The number of nitrogens with one attached hydrogen (secondary N) is 1. The fraction of sp³-hybridized carbons (Fsp3) is 0.235. The zero-order valence-electron chi connectivity index (χ0n) is 25.2. The highest BCUT2D eigenvalue weighted by molar-refractivity contribution is 7.92. The Labute approximate surface area is 263 Å². The minimum Gasteiger partial charge on any atom is -0.354 e. The number of aryl methyl sites for hydroxylation is 1. The Balaban J connectivity index is 1.80. The zero-order chi connectivity index (χ0) is 32.4. The van der Waals surface area contributed by atoms with Crippen molar-refractivity contribution in [2.24, 2.45) is 0 Å². The average Bonchev–Trinajstić information content (AvgIpc) is 3.05. The van der Waals surface area contributed by atoms with Crippen molar-refractivity contribution in [2.75, 3.05) is 17.4 Å². The van der Waals surface area contributed by atoms with Gasteiger partial charge < -0.3 is 10.2 Å². The molecule has 0 saturated carbocycles. The van der Waals surface area contributed by atoms with E-state index in [9.17, 15) is 28.1 Å². The number of nitro groups is 1. The van der Waals surface area contributed by atoms with Crippen molar-refractivity contribution in [3.63, 3.8) is 0 Å². The molecular formula is C34H36N4O6S. The van der Waals surface area contributed by atoms with Crippen LogP contribution in [0.25, 0.3) is 0 Å². The number of sulfonamides is 1. The summed E-state index contributed by atoms with van der Waals surface area (Å²) >= 11 is 0. The van der Waals surface area contributed by atoms with Crippen molar-refractivity contribution in [3.05, 3.63) is 136 Å². The van der Waals surface area contributed by atoms with Gasteiger partial charge in [0.15, 0.2) is 0 Å². The normalized spacial score (nSPS) is 11.8. The summed E-state index contributed by atoms with van der Waals surface area (Å²) < 4.78 is 28.9. The first-order valence-electron chi connectivity index (χ1n) is 14.6. The number of rotatable bonds is 14. The highest BCUT2D eigenvalue weighted by atomic mass is 32.2. The van der Waals surface area contributed by atoms with Gasteiger partial charge in [-0.15, -0.1) is 0 Å². The Morgan fingerprint density at radius 3 is 2.09 bits per heavy atom. The van der Waals surface area contributed by atoms with Crippen LogP contribution in [0, 0.1) is 17.0 Å². The van der Waals surface area contributed by atoms with Gasteiger partial charge >= 0.3 is 0 Å². The molecule has 0 aromatic heterocycles. The minimum absolute atomic E-state index is 0.0526. The number of amides is 2. The maximum absolute atomic E-state index is 14.4. The van der Waals surface area contributed by atoms with Gasteiger partial charge in [-0.2, -0.15) is 0 Å². The predicted octanol–water partition coefficient (Wildman–Crippen LogP) is 5.26. The molecule has 234 valence electrons. The maximum Gasteiger partial charge on any atom is 0.269 e. The second-order valence-corrected chi connectivity index (χ2v) is 12.5. The SMILES string of the molecule is CCCNC(=O)[C@@H](Cc1ccccc1)N(Cc1cccc(C)c1)C(=O)CN(c1ccc([N+](=O)[O-])cc1)S(=O)(=O)c1ccccc1. The summed E-state index contributed by atoms with van der Waals surface area (Å²) in [6.07, 6.45) is 0.899. The van der Waals surface area contributed by atoms with E-state index in [0.717, 1.165) is 21.0 Å². The second-order valence-electron chi connectivity index (χ2n) is 10.6. The van der Waals surface area contributed by atoms with Crippen LogP contribution in [0.5, 0.6) is 0 Å². The van der Waals surface area contributed by atoms with Crippen molar-refractivity contribution in [2.45, 2.75) is 44.2 Å². The van der Waals surface area contributed by atoms with Crippen LogP contribution in [-0.4, -0.2) is 49.2 Å². The largest absolute Gasteiger partial charge is 0.354 e. The summed E-state index contributed by atoms with van der Waals surface area (Å²) in [5, 5.41) is 14.2. The van der Waals surface area contributed by atoms with Crippen LogP contribution in [0.1, 0.15) is 30.0 Å². The minimum atomic E-state index is -4.30. The summed E-state index contributed by atoms with van der Waals surface area (Å²) in [6.45, 7) is 3.67. The zero-order valence-corrected chi connectivity index (χ0v) is 26.0. The number of nitro benzene ring substituents is 1. The standard InChI is InChI=1S/C34H36N4O6S/c1-3-21-35-34(40)32(23-27-12-6-4-7-13-27)36(24-28-14-10-11-26(2)22-28)33(39)25-37(29-17-19-30(20-18-29)38(41)42)45(43,44)31-15-8-5-9-16-31/h4-20,22,32H,3,21,23-25H2,1-2H3,(H,35,40)/t32-/m1/s1. The van der Waals surface area contributed by atoms with Gasteiger partial charge in [-0.05, 0) is 48.7 Å². The van der Waals surface area contributed by atoms with E-state index in [2.05, 4.69) is 5.32 Å². The molecule has 1 atom stereocenters. The Hall–Kier alpha value is -5.03. The van der Waals surface area contributed by atoms with Crippen molar-refractivity contribution < 1.29 is 22.9 Å². The van der Waals surface area contributed by atoms with Gasteiger partial charge in [0, 0.05) is 31.6 Å². The molecule has 11 heteroatoms. The van der Waals surface area contributed by atoms with Gasteiger partial charge in [-0.3, -0.25) is 24.0 Å². The first-order chi connectivity index (χ1) is 21.6. The van der Waals surface area contributed by atoms with Gasteiger partial charge in [0.1, 0.15) is 12.6 Å². The first-order valence-corrected chi connectivity index (χ1v) is 16.0. The van der Waals surface area contributed by atoms with Crippen molar-refractivity contribution in [3.8, 4) is 0 Å². The smallest absolute Gasteiger partial charge is 0.269 e. The molecule has 0 spiro atoms. The second kappa shape index (κ2) is 15.1. The van der Waals surface area contributed by atoms with E-state index in [1.54, 1.807) is 18.2 Å². The van der Waals surface area contributed by atoms with Crippen LogP contribution in [0.15, 0.2) is 114 Å². The van der Waals surface area contributed by atoms with Crippen molar-refractivity contribution in [1.29, 1.82) is 0 Å². The number of benzene rings is 4. The monoisotopic (exact) mass is 628 g/mol. The molecule has 0 radical (unpaired) electrons. The lowest BCUT2D eigenvalue weighted by atomic mass is 10.0. The quantitative estimate of drug-likeness (QED) is 0.150. The molecule has 0 aliphatic heterocycles. The van der Waals surface area contributed by atoms with E-state index >= 15 is 0 Å². The van der Waals surface area contributed by atoms with E-state index < -0.39 is 33.4 Å². The van der Waals surface area contributed by atoms with Crippen molar-refractivity contribution in [1.82, 2.24) is 10.2 Å². The van der Waals surface area contributed by atoms with Crippen molar-refractivity contribution >= 4 is 33.2 Å². The molecule has 10 nitrogen and oxygen atoms in total. The topological polar surface area (TPSA) is 130 Å². The van der Waals surface area contributed by atoms with Crippen LogP contribution in [-0.2, 0) is 32.6 Å². The average molecular weight is 629 g/mol. The van der Waals surface area contributed by atoms with Gasteiger partial charge in [0.2, 0.25) is 11.8 Å². The van der Waals surface area contributed by atoms with Gasteiger partial charge in [0.25, 0.3) is 15.7 Å². The molecule has 2 amide bonds. The van der Waals surface area contributed by atoms with E-state index in [1.807, 2.05) is 68.4 Å². The molecule has 0 unspecified atom stereocenters. The van der Waals surface area contributed by atoms with Gasteiger partial charge in [-0.1, -0.05) is 85.3 Å². The van der Waals surface area contributed by atoms with E-state index in [1.165, 1.54) is 41.3 Å². The number of non-ortho nitro benzene ring substituents is 1. The number of anilines is 1. The van der Waals surface area contributed by atoms with E-state index in [4.69, 9.17) is 0 Å². The van der Waals surface area contributed by atoms with Gasteiger partial charge in [-0.25, -0.2) is 8.42 Å². The lowest BCUT2D eigenvalue weighted by Gasteiger charge is -2.34. The molecular weight excluding hydrogens is 592 g/mol. The molecule has 0 aliphatic carbocycles. The number of nitrogens with zero attached hydrogens (tertiary/aromatic N) is 3. The molecule has 45 heavy (non-hydrogen) atoms. The lowest BCUT2D eigenvalue weighted by molar-refractivity contribution is -0.384. The lowest BCUT2D eigenvalue weighted by Crippen LogP contribution is -2.53. The Morgan fingerprint density at radius 2 is 1.49 bits per heavy atom. The highest BCUT2D eigenvalue weighted by Gasteiger charge is 2.34. The Bertz CT molecular complexity index is 1710. The number of hydrogen-bond donors (Lipinski definition) is 1. The number of carbonyl (C=O) groups excluding carboxylic acids is 2. The summed E-state index contributed by atoms with van der Waals surface area (Å²) in [5.74, 6) is -0.962. The number of hydrogen-bond acceptors (Lipinski definition) is 6. The predicted molar refractivity (Wildman–Crippen MR) is 173 cm³/mol. The van der Waals surface area contributed by atoms with Crippen LogP contribution >= 0.6 is 0 Å². The molecule has 0 saturated heterocycles. The third kappa shape index (κ3) is 8.54. The van der Waals surface area contributed by atoms with E-state index in [-0.39, 0.29) is 35.1 Å². The van der Waals surface area contributed by atoms with Crippen LogP contribution < -0.4 is 9.62 Å². The fourth-order valence-corrected chi connectivity index (χ4v) is 6.35. The Kier molecular flexibility index (Phi) is 11.0. The highest BCUT2D eigenvalue weighted by Crippen LogP contribution is 2.27. The molecule has 1 N–H and O–H groups in total. The third-order valence-corrected chi connectivity index (χ3v) is 9.00. The van der Waals surface area contributed by atoms with E-state index in [0.29, 0.717) is 13.0 Å². The maximum atomic E-state index is 14.4. The molecule has 4 rings (SSSR count). The molecule has 4 aromatic carbocycles. The van der Waals surface area contributed by atoms with Gasteiger partial charge in [0.05, 0.1) is 15.5 Å². The summed E-state index contributed by atoms with van der Waals surface area (Å²) in [5.41, 5.74) is 2.43.